The minimum Gasteiger partial charge on any atom is -0.506 e. The predicted molar refractivity (Wildman–Crippen MR) is 108 cm³/mol. The molecule has 0 aliphatic carbocycles. The molecule has 8 heteroatoms. The fraction of sp³-hybridized carbons (Fsp3) is 0.381. The van der Waals surface area contributed by atoms with Crippen molar-refractivity contribution in [2.45, 2.75) is 33.2 Å². The molecule has 1 atom stereocenters. The number of fused-ring (bicyclic) bond motifs is 5. The van der Waals surface area contributed by atoms with E-state index >= 15 is 0 Å². The van der Waals surface area contributed by atoms with Gasteiger partial charge in [-0.15, -0.1) is 0 Å². The first kappa shape index (κ1) is 19.0. The summed E-state index contributed by atoms with van der Waals surface area (Å²) in [5.41, 5.74) is 1.07. The average molecular weight is 397 g/mol. The number of hydrogen-bond acceptors (Lipinski definition) is 6. The maximum atomic E-state index is 12.6. The number of aromatic nitrogens is 3. The normalized spacial score (nSPS) is 15.7. The molecular weight excluding hydrogens is 374 g/mol. The van der Waals surface area contributed by atoms with Crippen molar-refractivity contribution in [3.63, 3.8) is 0 Å². The Labute approximate surface area is 167 Å². The number of esters is 1. The molecule has 0 amide bonds. The number of nitrogens with one attached hydrogen (secondary N) is 1. The maximum absolute atomic E-state index is 12.6. The average Bonchev–Trinajstić information content (AvgIpc) is 3.05. The van der Waals surface area contributed by atoms with Gasteiger partial charge in [-0.05, 0) is 17.5 Å². The summed E-state index contributed by atoms with van der Waals surface area (Å²) in [6, 6.07) is 5.65. The van der Waals surface area contributed by atoms with E-state index in [1.807, 2.05) is 22.8 Å². The smallest absolute Gasteiger partial charge is 0.347 e. The van der Waals surface area contributed by atoms with Gasteiger partial charge in [0.2, 0.25) is 0 Å². The van der Waals surface area contributed by atoms with Crippen molar-refractivity contribution in [3.05, 3.63) is 39.7 Å². The van der Waals surface area contributed by atoms with E-state index in [0.717, 1.165) is 5.52 Å². The molecule has 2 N–H and O–H groups in total. The Balaban J connectivity index is 2.11. The van der Waals surface area contributed by atoms with Gasteiger partial charge in [0.25, 0.3) is 5.56 Å². The number of carbonyl (C=O) groups is 1. The number of imidazole rings is 1. The van der Waals surface area contributed by atoms with Crippen molar-refractivity contribution in [3.8, 4) is 23.0 Å². The van der Waals surface area contributed by atoms with E-state index in [4.69, 9.17) is 14.5 Å². The van der Waals surface area contributed by atoms with Crippen LogP contribution in [0.3, 0.4) is 0 Å². The van der Waals surface area contributed by atoms with Gasteiger partial charge in [0, 0.05) is 18.0 Å². The Morgan fingerprint density at radius 3 is 2.66 bits per heavy atom. The molecular formula is C21H23N3O5. The lowest BCUT2D eigenvalue weighted by atomic mass is 9.73. The largest absolute Gasteiger partial charge is 0.506 e. The Morgan fingerprint density at radius 1 is 1.31 bits per heavy atom. The Hall–Kier alpha value is -3.29. The molecule has 0 radical (unpaired) electrons. The lowest BCUT2D eigenvalue weighted by Crippen LogP contribution is -2.31. The highest BCUT2D eigenvalue weighted by Crippen LogP contribution is 2.49. The van der Waals surface area contributed by atoms with E-state index in [2.05, 4.69) is 25.8 Å². The molecule has 152 valence electrons. The van der Waals surface area contributed by atoms with Gasteiger partial charge in [-0.3, -0.25) is 4.79 Å². The van der Waals surface area contributed by atoms with Crippen LogP contribution in [0.25, 0.3) is 22.6 Å². The summed E-state index contributed by atoms with van der Waals surface area (Å²) in [5.74, 6) is -0.269. The number of aromatic hydroxyl groups is 1. The summed E-state index contributed by atoms with van der Waals surface area (Å²) in [7, 11) is 2.75. The van der Waals surface area contributed by atoms with Crippen LogP contribution < -0.4 is 10.3 Å². The van der Waals surface area contributed by atoms with Crippen LogP contribution >= 0.6 is 0 Å². The first-order chi connectivity index (χ1) is 13.7. The van der Waals surface area contributed by atoms with Crippen LogP contribution in [0.1, 0.15) is 42.6 Å². The lowest BCUT2D eigenvalue weighted by molar-refractivity contribution is 0.0594. The summed E-state index contributed by atoms with van der Waals surface area (Å²) in [4.78, 5) is 32.2. The highest BCUT2D eigenvalue weighted by molar-refractivity contribution is 5.94. The number of ether oxygens (including phenoxy) is 2. The molecule has 0 fully saturated rings. The molecule has 0 saturated carbocycles. The number of carbonyl (C=O) groups excluding carboxylic acids is 1. The molecule has 29 heavy (non-hydrogen) atoms. The fourth-order valence-corrected chi connectivity index (χ4v) is 4.05. The number of pyridine rings is 1. The van der Waals surface area contributed by atoms with Crippen molar-refractivity contribution < 1.29 is 19.4 Å². The quantitative estimate of drug-likeness (QED) is 0.644. The number of hydrogen-bond donors (Lipinski definition) is 2. The highest BCUT2D eigenvalue weighted by Gasteiger charge is 2.40. The Kier molecular flexibility index (Phi) is 4.18. The summed E-state index contributed by atoms with van der Waals surface area (Å²) in [5, 5.41) is 11.0. The zero-order valence-electron chi connectivity index (χ0n) is 17.0. The monoisotopic (exact) mass is 397 g/mol. The number of aromatic amines is 1. The van der Waals surface area contributed by atoms with Gasteiger partial charge in [-0.2, -0.15) is 0 Å². The third-order valence-electron chi connectivity index (χ3n) is 5.56. The molecule has 4 rings (SSSR count). The summed E-state index contributed by atoms with van der Waals surface area (Å²) in [6.45, 7) is 6.67. The molecule has 0 saturated heterocycles. The minimum absolute atomic E-state index is 0.186. The van der Waals surface area contributed by atoms with E-state index in [1.54, 1.807) is 7.11 Å². The highest BCUT2D eigenvalue weighted by atomic mass is 16.5. The minimum atomic E-state index is -0.875. The molecule has 3 heterocycles. The molecule has 0 bridgehead atoms. The third-order valence-corrected chi connectivity index (χ3v) is 5.56. The van der Waals surface area contributed by atoms with Crippen molar-refractivity contribution in [1.82, 2.24) is 14.5 Å². The van der Waals surface area contributed by atoms with E-state index in [0.29, 0.717) is 34.9 Å². The summed E-state index contributed by atoms with van der Waals surface area (Å²) >= 11 is 0. The number of rotatable bonds is 2. The van der Waals surface area contributed by atoms with Crippen LogP contribution in [-0.2, 0) is 11.3 Å². The van der Waals surface area contributed by atoms with E-state index < -0.39 is 11.5 Å². The molecule has 8 nitrogen and oxygen atoms in total. The van der Waals surface area contributed by atoms with Gasteiger partial charge in [0.1, 0.15) is 17.0 Å². The second-order valence-electron chi connectivity index (χ2n) is 8.25. The summed E-state index contributed by atoms with van der Waals surface area (Å²) in [6.07, 6.45) is 0. The van der Waals surface area contributed by atoms with Gasteiger partial charge in [-0.1, -0.05) is 26.8 Å². The summed E-state index contributed by atoms with van der Waals surface area (Å²) < 4.78 is 12.2. The first-order valence-electron chi connectivity index (χ1n) is 9.30. The van der Waals surface area contributed by atoms with Crippen LogP contribution in [0.2, 0.25) is 0 Å². The molecule has 1 aliphatic rings. The van der Waals surface area contributed by atoms with Crippen LogP contribution in [0.4, 0.5) is 0 Å². The molecule has 1 aliphatic heterocycles. The molecule has 1 unspecified atom stereocenters. The predicted octanol–water partition coefficient (Wildman–Crippen LogP) is 3.04. The van der Waals surface area contributed by atoms with E-state index in [-0.39, 0.29) is 22.6 Å². The lowest BCUT2D eigenvalue weighted by Gasteiger charge is -2.36. The number of methoxy groups -OCH3 is 2. The van der Waals surface area contributed by atoms with Crippen molar-refractivity contribution in [2.24, 2.45) is 5.41 Å². The second kappa shape index (κ2) is 6.37. The fourth-order valence-electron chi connectivity index (χ4n) is 4.05. The van der Waals surface area contributed by atoms with Gasteiger partial charge in [0.15, 0.2) is 11.4 Å². The van der Waals surface area contributed by atoms with Gasteiger partial charge >= 0.3 is 5.97 Å². The molecule has 1 aromatic carbocycles. The number of para-hydroxylation sites is 1. The van der Waals surface area contributed by atoms with Gasteiger partial charge in [0.05, 0.1) is 25.4 Å². The van der Waals surface area contributed by atoms with Crippen molar-refractivity contribution in [1.29, 1.82) is 0 Å². The van der Waals surface area contributed by atoms with Crippen LogP contribution in [-0.4, -0.2) is 39.8 Å². The van der Waals surface area contributed by atoms with Crippen molar-refractivity contribution in [2.75, 3.05) is 14.2 Å². The molecule has 3 aromatic rings. The Bertz CT molecular complexity index is 1200. The SMILES string of the molecule is COC(=O)c1c(O)c2c([nH]c1=O)-c1nc3c(OC)cccc3n1CC2C(C)(C)C. The topological polar surface area (TPSA) is 106 Å². The van der Waals surface area contributed by atoms with Crippen LogP contribution in [0, 0.1) is 5.41 Å². The van der Waals surface area contributed by atoms with E-state index in [9.17, 15) is 14.7 Å². The maximum Gasteiger partial charge on any atom is 0.347 e. The number of nitrogens with zero attached hydrogens (tertiary/aromatic N) is 2. The third kappa shape index (κ3) is 2.70. The molecule has 2 aromatic heterocycles. The second-order valence-corrected chi connectivity index (χ2v) is 8.25. The Morgan fingerprint density at radius 2 is 2.03 bits per heavy atom. The van der Waals surface area contributed by atoms with E-state index in [1.165, 1.54) is 7.11 Å². The van der Waals surface area contributed by atoms with Crippen molar-refractivity contribution >= 4 is 17.0 Å². The van der Waals surface area contributed by atoms with Gasteiger partial charge < -0.3 is 24.1 Å². The zero-order valence-corrected chi connectivity index (χ0v) is 17.0. The molecule has 0 spiro atoms. The number of benzene rings is 1. The number of H-pyrrole nitrogens is 1. The van der Waals surface area contributed by atoms with Gasteiger partial charge in [-0.25, -0.2) is 9.78 Å². The van der Waals surface area contributed by atoms with Crippen LogP contribution in [0.15, 0.2) is 23.0 Å². The zero-order chi connectivity index (χ0) is 21.1. The first-order valence-corrected chi connectivity index (χ1v) is 9.30. The van der Waals surface area contributed by atoms with Crippen LogP contribution in [0.5, 0.6) is 11.5 Å². The standard InChI is InChI=1S/C21H23N3O5/c1-21(2,3)10-9-24-11-7-6-8-12(28-4)15(11)22-18(24)16-13(10)17(25)14(19(26)23-16)20(27)29-5/h6-8,10H,9H2,1-5H3,(H2,23,25,26).